The average molecular weight is 273 g/mol. The molecule has 4 rings (SSSR count). The monoisotopic (exact) mass is 273 g/mol. The molecule has 1 aliphatic heterocycles. The van der Waals surface area contributed by atoms with Crippen molar-refractivity contribution in [2.45, 2.75) is 26.2 Å². The third-order valence-electron chi connectivity index (χ3n) is 5.95. The van der Waals surface area contributed by atoms with Crippen LogP contribution in [-0.2, 0) is 0 Å². The summed E-state index contributed by atoms with van der Waals surface area (Å²) in [7, 11) is 0. The van der Waals surface area contributed by atoms with Crippen molar-refractivity contribution < 1.29 is 9.90 Å². The van der Waals surface area contributed by atoms with E-state index < -0.39 is 5.97 Å². The largest absolute Gasteiger partial charge is 0.476 e. The lowest BCUT2D eigenvalue weighted by atomic mass is 9.70. The predicted octanol–water partition coefficient (Wildman–Crippen LogP) is 2.05. The summed E-state index contributed by atoms with van der Waals surface area (Å²) >= 11 is 0. The first-order valence-electron chi connectivity index (χ1n) is 7.38. The molecule has 0 radical (unpaired) electrons. The van der Waals surface area contributed by atoms with Gasteiger partial charge in [-0.25, -0.2) is 14.8 Å². The molecule has 5 heteroatoms. The normalized spacial score (nSPS) is 38.2. The maximum absolute atomic E-state index is 10.8. The highest BCUT2D eigenvalue weighted by Crippen LogP contribution is 2.62. The predicted molar refractivity (Wildman–Crippen MR) is 73.6 cm³/mol. The van der Waals surface area contributed by atoms with Gasteiger partial charge in [-0.1, -0.05) is 6.92 Å². The number of aromatic nitrogens is 2. The van der Waals surface area contributed by atoms with Gasteiger partial charge in [-0.2, -0.15) is 0 Å². The minimum Gasteiger partial charge on any atom is -0.476 e. The molecule has 20 heavy (non-hydrogen) atoms. The fourth-order valence-corrected chi connectivity index (χ4v) is 4.91. The van der Waals surface area contributed by atoms with E-state index in [0.717, 1.165) is 36.7 Å². The number of hydrogen-bond acceptors (Lipinski definition) is 4. The minimum absolute atomic E-state index is 0.0134. The van der Waals surface area contributed by atoms with Gasteiger partial charge in [0, 0.05) is 13.1 Å². The Morgan fingerprint density at radius 2 is 2.25 bits per heavy atom. The van der Waals surface area contributed by atoms with Gasteiger partial charge in [0.15, 0.2) is 5.69 Å². The molecule has 1 N–H and O–H groups in total. The quantitative estimate of drug-likeness (QED) is 0.893. The highest BCUT2D eigenvalue weighted by atomic mass is 16.4. The first-order chi connectivity index (χ1) is 9.58. The minimum atomic E-state index is -1.02. The second kappa shape index (κ2) is 3.93. The van der Waals surface area contributed by atoms with Crippen molar-refractivity contribution in [3.05, 3.63) is 18.1 Å². The van der Waals surface area contributed by atoms with E-state index in [2.05, 4.69) is 21.8 Å². The van der Waals surface area contributed by atoms with Crippen molar-refractivity contribution in [3.63, 3.8) is 0 Å². The van der Waals surface area contributed by atoms with E-state index in [-0.39, 0.29) is 5.69 Å². The number of anilines is 1. The fraction of sp³-hybridized carbons (Fsp3) is 0.667. The molecule has 2 aliphatic carbocycles. The molecule has 4 atom stereocenters. The maximum Gasteiger partial charge on any atom is 0.356 e. The average Bonchev–Trinajstić information content (AvgIpc) is 3.09. The lowest BCUT2D eigenvalue weighted by Gasteiger charge is -2.34. The summed E-state index contributed by atoms with van der Waals surface area (Å²) in [6, 6.07) is 0. The van der Waals surface area contributed by atoms with Gasteiger partial charge in [-0.05, 0) is 42.4 Å². The van der Waals surface area contributed by atoms with Gasteiger partial charge in [-0.3, -0.25) is 0 Å². The number of aromatic carboxylic acids is 1. The van der Waals surface area contributed by atoms with Gasteiger partial charge >= 0.3 is 5.97 Å². The van der Waals surface area contributed by atoms with E-state index in [9.17, 15) is 4.79 Å². The summed E-state index contributed by atoms with van der Waals surface area (Å²) in [5.41, 5.74) is 0.440. The molecule has 3 aliphatic rings. The summed E-state index contributed by atoms with van der Waals surface area (Å²) in [6.07, 6.45) is 7.16. The zero-order valence-electron chi connectivity index (χ0n) is 11.6. The second-order valence-corrected chi connectivity index (χ2v) is 6.83. The molecule has 1 aromatic heterocycles. The van der Waals surface area contributed by atoms with Gasteiger partial charge < -0.3 is 10.0 Å². The molecule has 0 aromatic carbocycles. The van der Waals surface area contributed by atoms with Crippen LogP contribution in [0.5, 0.6) is 0 Å². The SMILES string of the molecule is C[C@]12CN(c3cnc(C(=O)O)cn3)CC1[C@@H]1CC[C@H]2C1. The molecule has 2 saturated carbocycles. The lowest BCUT2D eigenvalue weighted by Crippen LogP contribution is -2.33. The van der Waals surface area contributed by atoms with Crippen molar-refractivity contribution in [2.24, 2.45) is 23.2 Å². The number of nitrogens with zero attached hydrogens (tertiary/aromatic N) is 3. The van der Waals surface area contributed by atoms with Crippen LogP contribution in [0.1, 0.15) is 36.7 Å². The summed E-state index contributed by atoms with van der Waals surface area (Å²) in [5.74, 6) is 2.34. The van der Waals surface area contributed by atoms with Crippen LogP contribution in [0.25, 0.3) is 0 Å². The number of fused-ring (bicyclic) bond motifs is 5. The second-order valence-electron chi connectivity index (χ2n) is 6.83. The fourth-order valence-electron chi connectivity index (χ4n) is 4.91. The Morgan fingerprint density at radius 1 is 1.40 bits per heavy atom. The number of carboxylic acids is 1. The van der Waals surface area contributed by atoms with E-state index in [1.54, 1.807) is 6.20 Å². The Balaban J connectivity index is 1.58. The van der Waals surface area contributed by atoms with Gasteiger partial charge in [0.25, 0.3) is 0 Å². The topological polar surface area (TPSA) is 66.3 Å². The smallest absolute Gasteiger partial charge is 0.356 e. The maximum atomic E-state index is 10.8. The zero-order chi connectivity index (χ0) is 13.9. The van der Waals surface area contributed by atoms with Crippen LogP contribution in [0, 0.1) is 23.2 Å². The van der Waals surface area contributed by atoms with E-state index in [0.29, 0.717) is 5.41 Å². The molecular weight excluding hydrogens is 254 g/mol. The van der Waals surface area contributed by atoms with Crippen molar-refractivity contribution in [3.8, 4) is 0 Å². The Bertz CT molecular complexity index is 559. The van der Waals surface area contributed by atoms with Gasteiger partial charge in [0.2, 0.25) is 0 Å². The van der Waals surface area contributed by atoms with Crippen LogP contribution in [0.3, 0.4) is 0 Å². The molecule has 1 aromatic rings. The van der Waals surface area contributed by atoms with Gasteiger partial charge in [-0.15, -0.1) is 0 Å². The molecule has 2 heterocycles. The van der Waals surface area contributed by atoms with Crippen LogP contribution >= 0.6 is 0 Å². The summed E-state index contributed by atoms with van der Waals surface area (Å²) in [4.78, 5) is 21.4. The van der Waals surface area contributed by atoms with Crippen LogP contribution in [0.4, 0.5) is 5.82 Å². The first kappa shape index (κ1) is 12.1. The van der Waals surface area contributed by atoms with Crippen molar-refractivity contribution in [1.82, 2.24) is 9.97 Å². The number of hydrogen-bond donors (Lipinski definition) is 1. The Labute approximate surface area is 118 Å². The molecule has 2 bridgehead atoms. The zero-order valence-corrected chi connectivity index (χ0v) is 11.6. The first-order valence-corrected chi connectivity index (χ1v) is 7.38. The number of carbonyl (C=O) groups is 1. The Kier molecular flexibility index (Phi) is 2.38. The molecule has 0 spiro atoms. The van der Waals surface area contributed by atoms with E-state index in [4.69, 9.17) is 5.11 Å². The molecule has 0 amide bonds. The van der Waals surface area contributed by atoms with Crippen LogP contribution in [0.15, 0.2) is 12.4 Å². The third kappa shape index (κ3) is 1.52. The molecule has 1 saturated heterocycles. The number of carboxylic acid groups (broad SMARTS) is 1. The Morgan fingerprint density at radius 3 is 2.90 bits per heavy atom. The highest BCUT2D eigenvalue weighted by molar-refractivity contribution is 5.84. The standard InChI is InChI=1S/C15H19N3O2/c1-15-8-18(7-11(15)9-2-3-10(15)4-9)13-6-16-12(5-17-13)14(19)20/h5-6,9-11H,2-4,7-8H2,1H3,(H,19,20)/t9-,10+,11?,15-/m1/s1. The van der Waals surface area contributed by atoms with Crippen molar-refractivity contribution >= 4 is 11.8 Å². The van der Waals surface area contributed by atoms with Crippen LogP contribution in [-0.4, -0.2) is 34.1 Å². The molecule has 1 unspecified atom stereocenters. The summed E-state index contributed by atoms with van der Waals surface area (Å²) < 4.78 is 0. The van der Waals surface area contributed by atoms with E-state index in [1.807, 2.05) is 0 Å². The van der Waals surface area contributed by atoms with Crippen LogP contribution < -0.4 is 4.90 Å². The molecule has 5 nitrogen and oxygen atoms in total. The Hall–Kier alpha value is -1.65. The summed E-state index contributed by atoms with van der Waals surface area (Å²) in [5, 5.41) is 8.87. The van der Waals surface area contributed by atoms with Gasteiger partial charge in [0.1, 0.15) is 5.82 Å². The van der Waals surface area contributed by atoms with E-state index >= 15 is 0 Å². The van der Waals surface area contributed by atoms with E-state index in [1.165, 1.54) is 25.5 Å². The molecular formula is C15H19N3O2. The molecule has 106 valence electrons. The molecule has 3 fully saturated rings. The highest BCUT2D eigenvalue weighted by Gasteiger charge is 2.59. The van der Waals surface area contributed by atoms with Crippen LogP contribution in [0.2, 0.25) is 0 Å². The van der Waals surface area contributed by atoms with Crippen molar-refractivity contribution in [2.75, 3.05) is 18.0 Å². The van der Waals surface area contributed by atoms with Gasteiger partial charge in [0.05, 0.1) is 12.4 Å². The number of rotatable bonds is 2. The van der Waals surface area contributed by atoms with Crippen molar-refractivity contribution in [1.29, 1.82) is 0 Å². The summed E-state index contributed by atoms with van der Waals surface area (Å²) in [6.45, 7) is 4.53. The third-order valence-corrected chi connectivity index (χ3v) is 5.95. The lowest BCUT2D eigenvalue weighted by molar-refractivity contribution is 0.0690.